The van der Waals surface area contributed by atoms with Crippen molar-refractivity contribution < 1.29 is 9.59 Å². The van der Waals surface area contributed by atoms with E-state index in [2.05, 4.69) is 16.5 Å². The van der Waals surface area contributed by atoms with Crippen molar-refractivity contribution in [1.29, 1.82) is 0 Å². The number of thioether (sulfide) groups is 1. The van der Waals surface area contributed by atoms with Crippen LogP contribution in [0.5, 0.6) is 0 Å². The highest BCUT2D eigenvalue weighted by molar-refractivity contribution is 7.98. The zero-order valence-electron chi connectivity index (χ0n) is 20.0. The summed E-state index contributed by atoms with van der Waals surface area (Å²) in [6.45, 7) is 0.554. The van der Waals surface area contributed by atoms with Crippen LogP contribution in [-0.4, -0.2) is 38.2 Å². The second kappa shape index (κ2) is 9.82. The maximum absolute atomic E-state index is 13.4. The summed E-state index contributed by atoms with van der Waals surface area (Å²) < 4.78 is 2.03. The number of nitrogens with one attached hydrogen (secondary N) is 1. The van der Waals surface area contributed by atoms with Crippen LogP contribution in [-0.2, 0) is 12.3 Å². The molecular formula is C29H28N4O2S. The Hall–Kier alpha value is -3.58. The lowest BCUT2D eigenvalue weighted by Gasteiger charge is -2.23. The SMILES string of the molecule is O=C(NC1CC1)c1ccc(CN(C(=O)c2ccc(SCc3cn4ccccc4n3)cc2)C2CC2)cc1. The van der Waals surface area contributed by atoms with E-state index < -0.39 is 0 Å². The molecule has 0 unspecified atom stereocenters. The van der Waals surface area contributed by atoms with Gasteiger partial charge in [-0.05, 0) is 79.8 Å². The molecule has 0 saturated heterocycles. The van der Waals surface area contributed by atoms with E-state index >= 15 is 0 Å². The summed E-state index contributed by atoms with van der Waals surface area (Å²) in [5.74, 6) is 0.820. The van der Waals surface area contributed by atoms with E-state index in [0.29, 0.717) is 29.8 Å². The van der Waals surface area contributed by atoms with E-state index in [1.807, 2.05) is 82.2 Å². The molecular weight excluding hydrogens is 468 g/mol. The lowest BCUT2D eigenvalue weighted by atomic mass is 10.1. The summed E-state index contributed by atoms with van der Waals surface area (Å²) in [6.07, 6.45) is 8.29. The molecule has 2 aromatic heterocycles. The number of fused-ring (bicyclic) bond motifs is 1. The second-order valence-electron chi connectivity index (χ2n) is 9.62. The Labute approximate surface area is 214 Å². The Kier molecular flexibility index (Phi) is 6.23. The molecule has 0 bridgehead atoms. The first kappa shape index (κ1) is 22.9. The van der Waals surface area contributed by atoms with Crippen molar-refractivity contribution in [1.82, 2.24) is 19.6 Å². The number of hydrogen-bond donors (Lipinski definition) is 1. The first-order chi connectivity index (χ1) is 17.6. The number of rotatable bonds is 9. The Bertz CT molecular complexity index is 1360. The Morgan fingerprint density at radius 2 is 1.69 bits per heavy atom. The van der Waals surface area contributed by atoms with Crippen LogP contribution < -0.4 is 5.32 Å². The summed E-state index contributed by atoms with van der Waals surface area (Å²) in [5, 5.41) is 3.02. The molecule has 2 heterocycles. The van der Waals surface area contributed by atoms with E-state index in [4.69, 9.17) is 0 Å². The van der Waals surface area contributed by atoms with Crippen molar-refractivity contribution in [2.45, 2.75) is 55.0 Å². The molecule has 7 heteroatoms. The van der Waals surface area contributed by atoms with Gasteiger partial charge in [-0.1, -0.05) is 18.2 Å². The highest BCUT2D eigenvalue weighted by Crippen LogP contribution is 2.31. The van der Waals surface area contributed by atoms with Crippen LogP contribution in [0.1, 0.15) is 57.7 Å². The van der Waals surface area contributed by atoms with E-state index in [9.17, 15) is 9.59 Å². The average Bonchev–Trinajstić information content (AvgIpc) is 3.85. The van der Waals surface area contributed by atoms with Gasteiger partial charge in [0.25, 0.3) is 11.8 Å². The van der Waals surface area contributed by atoms with Crippen LogP contribution in [0.15, 0.2) is 84.0 Å². The van der Waals surface area contributed by atoms with Gasteiger partial charge in [-0.15, -0.1) is 11.8 Å². The van der Waals surface area contributed by atoms with Crippen LogP contribution in [0.3, 0.4) is 0 Å². The van der Waals surface area contributed by atoms with Gasteiger partial charge in [0.2, 0.25) is 0 Å². The third-order valence-corrected chi connectivity index (χ3v) is 7.68. The molecule has 182 valence electrons. The largest absolute Gasteiger partial charge is 0.349 e. The molecule has 1 N–H and O–H groups in total. The van der Waals surface area contributed by atoms with Gasteiger partial charge in [0, 0.05) is 52.8 Å². The van der Waals surface area contributed by atoms with E-state index in [1.54, 1.807) is 11.8 Å². The molecule has 36 heavy (non-hydrogen) atoms. The van der Waals surface area contributed by atoms with Crippen molar-refractivity contribution in [3.63, 3.8) is 0 Å². The number of carbonyl (C=O) groups is 2. The van der Waals surface area contributed by atoms with Crippen LogP contribution in [0, 0.1) is 0 Å². The molecule has 2 saturated carbocycles. The van der Waals surface area contributed by atoms with Gasteiger partial charge < -0.3 is 14.6 Å². The highest BCUT2D eigenvalue weighted by atomic mass is 32.2. The fourth-order valence-electron chi connectivity index (χ4n) is 4.28. The normalized spacial score (nSPS) is 15.1. The Morgan fingerprint density at radius 1 is 0.944 bits per heavy atom. The van der Waals surface area contributed by atoms with Gasteiger partial charge >= 0.3 is 0 Å². The summed E-state index contributed by atoms with van der Waals surface area (Å²) in [5.41, 5.74) is 4.40. The third-order valence-electron chi connectivity index (χ3n) is 6.63. The van der Waals surface area contributed by atoms with Crippen LogP contribution in [0.25, 0.3) is 5.65 Å². The highest BCUT2D eigenvalue weighted by Gasteiger charge is 2.33. The first-order valence-corrected chi connectivity index (χ1v) is 13.5. The lowest BCUT2D eigenvalue weighted by molar-refractivity contribution is 0.0729. The predicted octanol–water partition coefficient (Wildman–Crippen LogP) is 5.32. The van der Waals surface area contributed by atoms with Crippen molar-refractivity contribution in [2.24, 2.45) is 0 Å². The monoisotopic (exact) mass is 496 g/mol. The Balaban J connectivity index is 1.08. The molecule has 2 aliphatic carbocycles. The molecule has 2 amide bonds. The standard InChI is InChI=1S/C29H28N4O2S/c34-28(31-23-10-11-23)21-6-4-20(5-7-21)17-33(25-12-13-25)29(35)22-8-14-26(15-9-22)36-19-24-18-32-16-2-1-3-27(32)30-24/h1-9,14-16,18,23,25H,10-13,17,19H2,(H,31,34). The van der Waals surface area contributed by atoms with Crippen LogP contribution in [0.4, 0.5) is 0 Å². The van der Waals surface area contributed by atoms with Gasteiger partial charge in [0.15, 0.2) is 0 Å². The van der Waals surface area contributed by atoms with Crippen molar-refractivity contribution in [2.75, 3.05) is 0 Å². The second-order valence-corrected chi connectivity index (χ2v) is 10.7. The zero-order chi connectivity index (χ0) is 24.5. The molecule has 0 radical (unpaired) electrons. The van der Waals surface area contributed by atoms with Crippen LogP contribution in [0.2, 0.25) is 0 Å². The molecule has 6 nitrogen and oxygen atoms in total. The number of hydrogen-bond acceptors (Lipinski definition) is 4. The quantitative estimate of drug-likeness (QED) is 0.318. The minimum Gasteiger partial charge on any atom is -0.349 e. The minimum absolute atomic E-state index is 0.0154. The number of aromatic nitrogens is 2. The number of nitrogens with zero attached hydrogens (tertiary/aromatic N) is 3. The minimum atomic E-state index is -0.0154. The summed E-state index contributed by atoms with van der Waals surface area (Å²) in [6, 6.07) is 22.2. The van der Waals surface area contributed by atoms with E-state index in [0.717, 1.165) is 53.2 Å². The summed E-state index contributed by atoms with van der Waals surface area (Å²) in [4.78, 5) is 33.4. The van der Waals surface area contributed by atoms with Crippen LogP contribution >= 0.6 is 11.8 Å². The van der Waals surface area contributed by atoms with E-state index in [-0.39, 0.29) is 11.8 Å². The van der Waals surface area contributed by atoms with Gasteiger partial charge in [-0.3, -0.25) is 9.59 Å². The number of carbonyl (C=O) groups excluding carboxylic acids is 2. The number of imidazole rings is 1. The van der Waals surface area contributed by atoms with Crippen molar-refractivity contribution in [3.8, 4) is 0 Å². The molecule has 0 atom stereocenters. The first-order valence-electron chi connectivity index (χ1n) is 12.5. The molecule has 6 rings (SSSR count). The molecule has 2 fully saturated rings. The number of pyridine rings is 1. The van der Waals surface area contributed by atoms with Gasteiger partial charge in [0.05, 0.1) is 5.69 Å². The average molecular weight is 497 g/mol. The topological polar surface area (TPSA) is 66.7 Å². The number of amides is 2. The fourth-order valence-corrected chi connectivity index (χ4v) is 5.06. The summed E-state index contributed by atoms with van der Waals surface area (Å²) >= 11 is 1.72. The maximum Gasteiger partial charge on any atom is 0.254 e. The molecule has 0 aliphatic heterocycles. The molecule has 2 aromatic carbocycles. The van der Waals surface area contributed by atoms with E-state index in [1.165, 1.54) is 0 Å². The number of benzene rings is 2. The maximum atomic E-state index is 13.4. The lowest BCUT2D eigenvalue weighted by Crippen LogP contribution is -2.32. The van der Waals surface area contributed by atoms with Crippen molar-refractivity contribution >= 4 is 29.2 Å². The van der Waals surface area contributed by atoms with Crippen molar-refractivity contribution in [3.05, 3.63) is 102 Å². The smallest absolute Gasteiger partial charge is 0.254 e. The Morgan fingerprint density at radius 3 is 2.39 bits per heavy atom. The van der Waals surface area contributed by atoms with Gasteiger partial charge in [0.1, 0.15) is 5.65 Å². The molecule has 2 aliphatic rings. The fraction of sp³-hybridized carbons (Fsp3) is 0.276. The molecule has 0 spiro atoms. The summed E-state index contributed by atoms with van der Waals surface area (Å²) in [7, 11) is 0. The van der Waals surface area contributed by atoms with Gasteiger partial charge in [-0.25, -0.2) is 4.98 Å². The zero-order valence-corrected chi connectivity index (χ0v) is 20.8. The third kappa shape index (κ3) is 5.31. The van der Waals surface area contributed by atoms with Gasteiger partial charge in [-0.2, -0.15) is 0 Å². The molecule has 4 aromatic rings. The predicted molar refractivity (Wildman–Crippen MR) is 141 cm³/mol.